The van der Waals surface area contributed by atoms with E-state index in [4.69, 9.17) is 10.3 Å². The molecule has 1 amide bonds. The molecule has 1 heterocycles. The van der Waals surface area contributed by atoms with E-state index in [9.17, 15) is 9.59 Å². The zero-order valence-corrected chi connectivity index (χ0v) is 13.7. The molecule has 1 rings (SSSR count). The molecule has 1 aromatic rings. The first-order valence-corrected chi connectivity index (χ1v) is 6.78. The number of nitrogens with two attached hydrogens (primary N) is 1. The molecule has 6 nitrogen and oxygen atoms in total. The second kappa shape index (κ2) is 8.79. The number of aromatic nitrogens is 1. The topological polar surface area (TPSA) is 98.2 Å². The minimum atomic E-state index is -0.588. The molecular formula is C14H24ClN3O3. The Morgan fingerprint density at radius 2 is 2.00 bits per heavy atom. The first kappa shape index (κ1) is 19.6. The van der Waals surface area contributed by atoms with Gasteiger partial charge in [0, 0.05) is 19.4 Å². The number of hydrogen-bond acceptors (Lipinski definition) is 5. The normalized spacial score (nSPS) is 13.4. The van der Waals surface area contributed by atoms with Gasteiger partial charge in [-0.25, -0.2) is 0 Å². The zero-order valence-electron chi connectivity index (χ0n) is 12.9. The summed E-state index contributed by atoms with van der Waals surface area (Å²) < 4.78 is 5.20. The zero-order chi connectivity index (χ0) is 15.3. The Bertz CT molecular complexity index is 474. The summed E-state index contributed by atoms with van der Waals surface area (Å²) in [6, 6.07) is 0.990. The summed E-state index contributed by atoms with van der Waals surface area (Å²) >= 11 is 0. The van der Waals surface area contributed by atoms with E-state index in [-0.39, 0.29) is 36.6 Å². The molecule has 0 aliphatic carbocycles. The third-order valence-corrected chi connectivity index (χ3v) is 2.96. The summed E-state index contributed by atoms with van der Waals surface area (Å²) in [6.45, 7) is 6.98. The van der Waals surface area contributed by atoms with Gasteiger partial charge in [-0.1, -0.05) is 19.0 Å². The minimum absolute atomic E-state index is 0. The van der Waals surface area contributed by atoms with E-state index in [1.165, 1.54) is 13.8 Å². The fourth-order valence-electron chi connectivity index (χ4n) is 1.97. The maximum atomic E-state index is 11.5. The molecule has 120 valence electrons. The van der Waals surface area contributed by atoms with Crippen LogP contribution in [0.25, 0.3) is 0 Å². The van der Waals surface area contributed by atoms with Crippen molar-refractivity contribution in [2.75, 3.05) is 0 Å². The lowest BCUT2D eigenvalue weighted by Crippen LogP contribution is -2.40. The van der Waals surface area contributed by atoms with Crippen LogP contribution in [-0.2, 0) is 16.0 Å². The fourth-order valence-corrected chi connectivity index (χ4v) is 1.97. The Kier molecular flexibility index (Phi) is 8.21. The van der Waals surface area contributed by atoms with Crippen LogP contribution in [0, 0.1) is 5.92 Å². The van der Waals surface area contributed by atoms with Gasteiger partial charge in [-0.15, -0.1) is 12.4 Å². The van der Waals surface area contributed by atoms with Crippen molar-refractivity contribution in [3.8, 4) is 0 Å². The van der Waals surface area contributed by atoms with E-state index in [0.717, 1.165) is 6.42 Å². The van der Waals surface area contributed by atoms with Crippen molar-refractivity contribution in [1.29, 1.82) is 0 Å². The fraction of sp³-hybridized carbons (Fsp3) is 0.643. The minimum Gasteiger partial charge on any atom is -0.361 e. The SMILES string of the molecule is CC(=O)NC(Cc1cc(C(N)CC(C)C)no1)C(C)=O.Cl. The predicted octanol–water partition coefficient (Wildman–Crippen LogP) is 1.78. The lowest BCUT2D eigenvalue weighted by molar-refractivity contribution is -0.125. The van der Waals surface area contributed by atoms with E-state index in [0.29, 0.717) is 17.4 Å². The average molecular weight is 318 g/mol. The van der Waals surface area contributed by atoms with Gasteiger partial charge >= 0.3 is 0 Å². The van der Waals surface area contributed by atoms with Gasteiger partial charge < -0.3 is 15.6 Å². The highest BCUT2D eigenvalue weighted by Crippen LogP contribution is 2.19. The van der Waals surface area contributed by atoms with Crippen molar-refractivity contribution in [2.24, 2.45) is 11.7 Å². The van der Waals surface area contributed by atoms with Gasteiger partial charge in [0.25, 0.3) is 0 Å². The molecule has 2 unspecified atom stereocenters. The summed E-state index contributed by atoms with van der Waals surface area (Å²) in [6.07, 6.45) is 1.10. The van der Waals surface area contributed by atoms with Crippen LogP contribution in [0.5, 0.6) is 0 Å². The molecule has 0 saturated heterocycles. The molecule has 0 aliphatic heterocycles. The van der Waals surface area contributed by atoms with E-state index in [1.54, 1.807) is 6.07 Å². The van der Waals surface area contributed by atoms with Gasteiger partial charge in [0.15, 0.2) is 5.78 Å². The lowest BCUT2D eigenvalue weighted by Gasteiger charge is -2.12. The number of ketones is 1. The lowest BCUT2D eigenvalue weighted by atomic mass is 10.0. The van der Waals surface area contributed by atoms with Gasteiger partial charge in [0.1, 0.15) is 11.5 Å². The Morgan fingerprint density at radius 3 is 2.48 bits per heavy atom. The highest BCUT2D eigenvalue weighted by Gasteiger charge is 2.20. The molecule has 1 aromatic heterocycles. The van der Waals surface area contributed by atoms with E-state index < -0.39 is 6.04 Å². The predicted molar refractivity (Wildman–Crippen MR) is 82.1 cm³/mol. The van der Waals surface area contributed by atoms with Crippen LogP contribution in [0.1, 0.15) is 51.6 Å². The Labute approximate surface area is 131 Å². The van der Waals surface area contributed by atoms with Crippen molar-refractivity contribution >= 4 is 24.1 Å². The number of carbonyl (C=O) groups is 2. The smallest absolute Gasteiger partial charge is 0.217 e. The van der Waals surface area contributed by atoms with Gasteiger partial charge in [0.2, 0.25) is 5.91 Å². The maximum absolute atomic E-state index is 11.5. The summed E-state index contributed by atoms with van der Waals surface area (Å²) in [5.74, 6) is 0.647. The van der Waals surface area contributed by atoms with Gasteiger partial charge in [-0.05, 0) is 19.3 Å². The van der Waals surface area contributed by atoms with Crippen LogP contribution in [0.15, 0.2) is 10.6 Å². The van der Waals surface area contributed by atoms with Gasteiger partial charge in [-0.3, -0.25) is 9.59 Å². The molecule has 0 spiro atoms. The standard InChI is InChI=1S/C14H23N3O3.ClH/c1-8(2)5-12(15)14-7-11(20-17-14)6-13(9(3)18)16-10(4)19;/h7-8,12-13H,5-6,15H2,1-4H3,(H,16,19);1H. The Balaban J connectivity index is 0.00000400. The average Bonchev–Trinajstić information content (AvgIpc) is 2.75. The van der Waals surface area contributed by atoms with Crippen LogP contribution in [0.3, 0.4) is 0 Å². The van der Waals surface area contributed by atoms with Crippen molar-refractivity contribution in [1.82, 2.24) is 10.5 Å². The largest absolute Gasteiger partial charge is 0.361 e. The van der Waals surface area contributed by atoms with Gasteiger partial charge in [0.05, 0.1) is 12.1 Å². The number of nitrogens with one attached hydrogen (secondary N) is 1. The van der Waals surface area contributed by atoms with Crippen LogP contribution >= 0.6 is 12.4 Å². The third-order valence-electron chi connectivity index (χ3n) is 2.96. The second-order valence-electron chi connectivity index (χ2n) is 5.52. The van der Waals surface area contributed by atoms with E-state index >= 15 is 0 Å². The third kappa shape index (κ3) is 6.73. The first-order valence-electron chi connectivity index (χ1n) is 6.78. The quantitative estimate of drug-likeness (QED) is 0.798. The summed E-state index contributed by atoms with van der Waals surface area (Å²) in [5.41, 5.74) is 6.70. The first-order chi connectivity index (χ1) is 9.29. The van der Waals surface area contributed by atoms with Crippen LogP contribution in [0.4, 0.5) is 0 Å². The Morgan fingerprint density at radius 1 is 1.38 bits per heavy atom. The maximum Gasteiger partial charge on any atom is 0.217 e. The van der Waals surface area contributed by atoms with Crippen molar-refractivity contribution < 1.29 is 14.1 Å². The van der Waals surface area contributed by atoms with Crippen molar-refractivity contribution in [3.05, 3.63) is 17.5 Å². The van der Waals surface area contributed by atoms with Crippen LogP contribution in [-0.4, -0.2) is 22.9 Å². The number of nitrogens with zero attached hydrogens (tertiary/aromatic N) is 1. The number of amides is 1. The number of halogens is 1. The molecule has 21 heavy (non-hydrogen) atoms. The molecule has 0 aromatic carbocycles. The molecule has 0 radical (unpaired) electrons. The van der Waals surface area contributed by atoms with Crippen molar-refractivity contribution in [2.45, 2.75) is 52.6 Å². The number of hydrogen-bond donors (Lipinski definition) is 2. The molecule has 0 saturated carbocycles. The Hall–Kier alpha value is -1.40. The highest BCUT2D eigenvalue weighted by molar-refractivity contribution is 5.86. The molecule has 2 atom stereocenters. The summed E-state index contributed by atoms with van der Waals surface area (Å²) in [4.78, 5) is 22.5. The molecule has 0 bridgehead atoms. The summed E-state index contributed by atoms with van der Waals surface area (Å²) in [5, 5.41) is 6.53. The van der Waals surface area contributed by atoms with Crippen LogP contribution in [0.2, 0.25) is 0 Å². The van der Waals surface area contributed by atoms with Crippen LogP contribution < -0.4 is 11.1 Å². The monoisotopic (exact) mass is 317 g/mol. The molecule has 0 fully saturated rings. The van der Waals surface area contributed by atoms with Gasteiger partial charge in [-0.2, -0.15) is 0 Å². The number of carbonyl (C=O) groups excluding carboxylic acids is 2. The van der Waals surface area contributed by atoms with E-state index in [2.05, 4.69) is 24.3 Å². The van der Waals surface area contributed by atoms with E-state index in [1.807, 2.05) is 0 Å². The molecule has 3 N–H and O–H groups in total. The highest BCUT2D eigenvalue weighted by atomic mass is 35.5. The number of rotatable bonds is 7. The summed E-state index contributed by atoms with van der Waals surface area (Å²) in [7, 11) is 0. The molecular weight excluding hydrogens is 294 g/mol. The second-order valence-corrected chi connectivity index (χ2v) is 5.52. The van der Waals surface area contributed by atoms with Crippen molar-refractivity contribution in [3.63, 3.8) is 0 Å². The number of Topliss-reactive ketones (excluding diaryl/α,β-unsaturated/α-hetero) is 1. The molecule has 0 aliphatic rings. The molecule has 7 heteroatoms.